The highest BCUT2D eigenvalue weighted by atomic mass is 16.5. The number of para-hydroxylation sites is 2. The van der Waals surface area contributed by atoms with E-state index >= 15 is 0 Å². The molecule has 0 saturated heterocycles. The number of ether oxygens (including phenoxy) is 2. The highest BCUT2D eigenvalue weighted by molar-refractivity contribution is 5.78. The number of hydrogen-bond acceptors (Lipinski definition) is 4. The van der Waals surface area contributed by atoms with Gasteiger partial charge in [0.2, 0.25) is 5.91 Å². The van der Waals surface area contributed by atoms with Gasteiger partial charge in [0.25, 0.3) is 0 Å². The lowest BCUT2D eigenvalue weighted by molar-refractivity contribution is -0.120. The van der Waals surface area contributed by atoms with E-state index in [1.807, 2.05) is 30.3 Å². The fourth-order valence-electron chi connectivity index (χ4n) is 4.41. The molecule has 0 radical (unpaired) electrons. The maximum Gasteiger partial charge on any atom is 0.224 e. The summed E-state index contributed by atoms with van der Waals surface area (Å²) >= 11 is 0. The fourth-order valence-corrected chi connectivity index (χ4v) is 4.41. The van der Waals surface area contributed by atoms with Gasteiger partial charge >= 0.3 is 0 Å². The standard InChI is InChI=1S/C31H37N3O3/c1-3-24-12-18-27(19-13-24)37-22-7-6-21-34-29-10-5-4-9-28(29)33-30(34)11-8-20-32-31(35)23-25-14-16-26(36-2)17-15-25/h4-5,9-10,12-19H,3,6-8,11,20-23H2,1-2H3,(H,32,35). The molecule has 1 amide bonds. The lowest BCUT2D eigenvalue weighted by Gasteiger charge is -2.11. The lowest BCUT2D eigenvalue weighted by atomic mass is 10.1. The first-order valence-electron chi connectivity index (χ1n) is 13.2. The van der Waals surface area contributed by atoms with Crippen molar-refractivity contribution in [2.45, 2.75) is 52.0 Å². The Kier molecular flexibility index (Phi) is 9.58. The number of rotatable bonds is 14. The molecule has 0 aliphatic rings. The van der Waals surface area contributed by atoms with Gasteiger partial charge in [0, 0.05) is 19.5 Å². The van der Waals surface area contributed by atoms with Crippen molar-refractivity contribution in [1.29, 1.82) is 0 Å². The van der Waals surface area contributed by atoms with E-state index in [9.17, 15) is 4.79 Å². The molecule has 0 saturated carbocycles. The smallest absolute Gasteiger partial charge is 0.224 e. The van der Waals surface area contributed by atoms with E-state index in [-0.39, 0.29) is 5.91 Å². The van der Waals surface area contributed by atoms with Crippen LogP contribution in [-0.4, -0.2) is 35.7 Å². The number of hydrogen-bond donors (Lipinski definition) is 1. The molecule has 0 aliphatic heterocycles. The van der Waals surface area contributed by atoms with Crippen molar-refractivity contribution in [1.82, 2.24) is 14.9 Å². The summed E-state index contributed by atoms with van der Waals surface area (Å²) in [7, 11) is 1.64. The topological polar surface area (TPSA) is 65.4 Å². The predicted molar refractivity (Wildman–Crippen MR) is 148 cm³/mol. The van der Waals surface area contributed by atoms with E-state index in [2.05, 4.69) is 59.3 Å². The Hall–Kier alpha value is -3.80. The minimum atomic E-state index is 0.0306. The van der Waals surface area contributed by atoms with E-state index in [1.54, 1.807) is 7.11 Å². The van der Waals surface area contributed by atoms with Crippen LogP contribution in [0.25, 0.3) is 11.0 Å². The number of carbonyl (C=O) groups is 1. The molecule has 3 aromatic carbocycles. The zero-order valence-electron chi connectivity index (χ0n) is 21.9. The Labute approximate surface area is 219 Å². The predicted octanol–water partition coefficient (Wildman–Crippen LogP) is 5.76. The van der Waals surface area contributed by atoms with Crippen LogP contribution in [0, 0.1) is 0 Å². The summed E-state index contributed by atoms with van der Waals surface area (Å²) in [5, 5.41) is 3.04. The summed E-state index contributed by atoms with van der Waals surface area (Å²) in [6.07, 6.45) is 5.05. The molecule has 0 spiro atoms. The van der Waals surface area contributed by atoms with Gasteiger partial charge in [0.1, 0.15) is 17.3 Å². The maximum atomic E-state index is 12.3. The zero-order chi connectivity index (χ0) is 25.9. The summed E-state index contributed by atoms with van der Waals surface area (Å²) in [4.78, 5) is 17.2. The normalized spacial score (nSPS) is 11.0. The molecule has 6 heteroatoms. The number of aryl methyl sites for hydroxylation is 3. The number of nitrogens with one attached hydrogen (secondary N) is 1. The van der Waals surface area contributed by atoms with Crippen LogP contribution >= 0.6 is 0 Å². The van der Waals surface area contributed by atoms with Gasteiger partial charge in [-0.25, -0.2) is 4.98 Å². The third-order valence-electron chi connectivity index (χ3n) is 6.53. The first-order valence-corrected chi connectivity index (χ1v) is 13.2. The fraction of sp³-hybridized carbons (Fsp3) is 0.355. The molecular formula is C31H37N3O3. The number of amides is 1. The van der Waals surface area contributed by atoms with Crippen LogP contribution in [0.3, 0.4) is 0 Å². The first-order chi connectivity index (χ1) is 18.2. The number of unbranched alkanes of at least 4 members (excludes halogenated alkanes) is 1. The summed E-state index contributed by atoms with van der Waals surface area (Å²) < 4.78 is 13.4. The number of methoxy groups -OCH3 is 1. The average molecular weight is 500 g/mol. The van der Waals surface area contributed by atoms with Crippen LogP contribution in [0.5, 0.6) is 11.5 Å². The van der Waals surface area contributed by atoms with Crippen molar-refractivity contribution in [3.05, 3.63) is 89.7 Å². The van der Waals surface area contributed by atoms with E-state index < -0.39 is 0 Å². The number of benzene rings is 3. The molecular weight excluding hydrogens is 462 g/mol. The number of carbonyl (C=O) groups excluding carboxylic acids is 1. The Morgan fingerprint density at radius 3 is 2.38 bits per heavy atom. The zero-order valence-corrected chi connectivity index (χ0v) is 21.9. The molecule has 1 heterocycles. The van der Waals surface area contributed by atoms with Crippen LogP contribution in [-0.2, 0) is 30.6 Å². The van der Waals surface area contributed by atoms with Crippen LogP contribution in [0.1, 0.15) is 43.1 Å². The van der Waals surface area contributed by atoms with Crippen LogP contribution in [0.2, 0.25) is 0 Å². The molecule has 1 N–H and O–H groups in total. The lowest BCUT2D eigenvalue weighted by Crippen LogP contribution is -2.26. The van der Waals surface area contributed by atoms with E-state index in [0.717, 1.165) is 72.6 Å². The molecule has 194 valence electrons. The molecule has 37 heavy (non-hydrogen) atoms. The van der Waals surface area contributed by atoms with Crippen LogP contribution in [0.4, 0.5) is 0 Å². The molecule has 0 bridgehead atoms. The Morgan fingerprint density at radius 2 is 1.62 bits per heavy atom. The van der Waals surface area contributed by atoms with Gasteiger partial charge in [0.05, 0.1) is 31.2 Å². The van der Waals surface area contributed by atoms with Gasteiger partial charge in [-0.1, -0.05) is 43.3 Å². The van der Waals surface area contributed by atoms with Crippen molar-refractivity contribution in [3.8, 4) is 11.5 Å². The van der Waals surface area contributed by atoms with Crippen LogP contribution < -0.4 is 14.8 Å². The summed E-state index contributed by atoms with van der Waals surface area (Å²) in [5.41, 5.74) is 4.48. The molecule has 1 aromatic heterocycles. The van der Waals surface area contributed by atoms with Crippen molar-refractivity contribution in [2.24, 2.45) is 0 Å². The average Bonchev–Trinajstić information content (AvgIpc) is 3.29. The number of fused-ring (bicyclic) bond motifs is 1. The van der Waals surface area contributed by atoms with Gasteiger partial charge < -0.3 is 19.4 Å². The molecule has 0 aliphatic carbocycles. The third kappa shape index (κ3) is 7.59. The van der Waals surface area contributed by atoms with Gasteiger partial charge in [0.15, 0.2) is 0 Å². The van der Waals surface area contributed by atoms with E-state index in [4.69, 9.17) is 14.5 Å². The monoisotopic (exact) mass is 499 g/mol. The molecule has 4 rings (SSSR count). The second kappa shape index (κ2) is 13.5. The van der Waals surface area contributed by atoms with Crippen molar-refractivity contribution in [3.63, 3.8) is 0 Å². The highest BCUT2D eigenvalue weighted by Crippen LogP contribution is 2.19. The number of imidazole rings is 1. The number of aromatic nitrogens is 2. The molecule has 0 atom stereocenters. The third-order valence-corrected chi connectivity index (χ3v) is 6.53. The number of nitrogens with zero attached hydrogens (tertiary/aromatic N) is 2. The van der Waals surface area contributed by atoms with Gasteiger partial charge in [-0.2, -0.15) is 0 Å². The first kappa shape index (κ1) is 26.3. The Balaban J connectivity index is 1.24. The highest BCUT2D eigenvalue weighted by Gasteiger charge is 2.11. The van der Waals surface area contributed by atoms with Crippen LogP contribution in [0.15, 0.2) is 72.8 Å². The summed E-state index contributed by atoms with van der Waals surface area (Å²) in [5.74, 6) is 2.82. The second-order valence-corrected chi connectivity index (χ2v) is 9.20. The van der Waals surface area contributed by atoms with Crippen molar-refractivity contribution in [2.75, 3.05) is 20.3 Å². The SMILES string of the molecule is CCc1ccc(OCCCCn2c(CCCNC(=O)Cc3ccc(OC)cc3)nc3ccccc32)cc1. The quantitative estimate of drug-likeness (QED) is 0.224. The van der Waals surface area contributed by atoms with Gasteiger partial charge in [-0.3, -0.25) is 4.79 Å². The minimum absolute atomic E-state index is 0.0306. The van der Waals surface area contributed by atoms with Gasteiger partial charge in [-0.05, 0) is 73.2 Å². The van der Waals surface area contributed by atoms with Crippen molar-refractivity contribution < 1.29 is 14.3 Å². The Bertz CT molecular complexity index is 1260. The van der Waals surface area contributed by atoms with Gasteiger partial charge in [-0.15, -0.1) is 0 Å². The summed E-state index contributed by atoms with van der Waals surface area (Å²) in [6, 6.07) is 24.2. The summed E-state index contributed by atoms with van der Waals surface area (Å²) in [6.45, 7) is 4.39. The molecule has 0 unspecified atom stereocenters. The second-order valence-electron chi connectivity index (χ2n) is 9.20. The van der Waals surface area contributed by atoms with E-state index in [0.29, 0.717) is 19.6 Å². The Morgan fingerprint density at radius 1 is 0.892 bits per heavy atom. The largest absolute Gasteiger partial charge is 0.497 e. The van der Waals surface area contributed by atoms with E-state index in [1.165, 1.54) is 5.56 Å². The molecule has 4 aromatic rings. The molecule has 6 nitrogen and oxygen atoms in total. The molecule has 0 fully saturated rings. The van der Waals surface area contributed by atoms with Crippen molar-refractivity contribution >= 4 is 16.9 Å². The maximum absolute atomic E-state index is 12.3. The minimum Gasteiger partial charge on any atom is -0.497 e.